The third kappa shape index (κ3) is 4.56. The summed E-state index contributed by atoms with van der Waals surface area (Å²) < 4.78 is 5.54. The van der Waals surface area contributed by atoms with Crippen LogP contribution in [-0.4, -0.2) is 16.2 Å². The van der Waals surface area contributed by atoms with Crippen molar-refractivity contribution >= 4 is 11.7 Å². The Hall–Kier alpha value is -1.88. The van der Waals surface area contributed by atoms with Gasteiger partial charge in [-0.05, 0) is 23.1 Å². The molecule has 0 saturated carbocycles. The van der Waals surface area contributed by atoms with Crippen molar-refractivity contribution in [2.45, 2.75) is 52.6 Å². The zero-order valence-corrected chi connectivity index (χ0v) is 13.4. The van der Waals surface area contributed by atoms with Crippen LogP contribution < -0.4 is 10.6 Å². The van der Waals surface area contributed by atoms with E-state index in [1.54, 1.807) is 0 Å². The van der Waals surface area contributed by atoms with Crippen LogP contribution in [0, 0.1) is 0 Å². The second kappa shape index (κ2) is 6.26. The molecule has 0 bridgehead atoms. The number of anilines is 2. The molecule has 0 fully saturated rings. The SMILES string of the molecule is CC(C)NCc1nnc(Nc2ccc(C(C)(C)C)cc2)o1. The number of nitrogens with one attached hydrogen (secondary N) is 2. The molecule has 2 aromatic rings. The Labute approximate surface area is 126 Å². The normalized spacial score (nSPS) is 11.9. The largest absolute Gasteiger partial charge is 0.406 e. The van der Waals surface area contributed by atoms with Crippen LogP contribution in [-0.2, 0) is 12.0 Å². The van der Waals surface area contributed by atoms with Gasteiger partial charge in [0.15, 0.2) is 0 Å². The molecule has 2 rings (SSSR count). The minimum Gasteiger partial charge on any atom is -0.406 e. The average molecular weight is 288 g/mol. The molecule has 0 atom stereocenters. The van der Waals surface area contributed by atoms with Gasteiger partial charge in [-0.3, -0.25) is 0 Å². The molecule has 0 aliphatic carbocycles. The summed E-state index contributed by atoms with van der Waals surface area (Å²) in [6.45, 7) is 11.3. The molecular weight excluding hydrogens is 264 g/mol. The van der Waals surface area contributed by atoms with Crippen LogP contribution in [0.1, 0.15) is 46.1 Å². The maximum atomic E-state index is 5.54. The van der Waals surface area contributed by atoms with E-state index in [4.69, 9.17) is 4.42 Å². The summed E-state index contributed by atoms with van der Waals surface area (Å²) in [6.07, 6.45) is 0. The van der Waals surface area contributed by atoms with Crippen molar-refractivity contribution in [3.63, 3.8) is 0 Å². The lowest BCUT2D eigenvalue weighted by molar-refractivity contribution is 0.460. The molecule has 0 spiro atoms. The van der Waals surface area contributed by atoms with E-state index in [2.05, 4.69) is 67.6 Å². The molecule has 0 saturated heterocycles. The molecule has 1 aromatic heterocycles. The minimum absolute atomic E-state index is 0.151. The summed E-state index contributed by atoms with van der Waals surface area (Å²) in [5.41, 5.74) is 2.38. The van der Waals surface area contributed by atoms with Gasteiger partial charge in [-0.2, -0.15) is 0 Å². The minimum atomic E-state index is 0.151. The highest BCUT2D eigenvalue weighted by molar-refractivity contribution is 5.52. The van der Waals surface area contributed by atoms with Gasteiger partial charge in [-0.15, -0.1) is 5.10 Å². The predicted octanol–water partition coefficient (Wildman–Crippen LogP) is 3.61. The highest BCUT2D eigenvalue weighted by atomic mass is 16.4. The van der Waals surface area contributed by atoms with E-state index in [0.717, 1.165) is 5.69 Å². The monoisotopic (exact) mass is 288 g/mol. The third-order valence-corrected chi connectivity index (χ3v) is 3.13. The summed E-state index contributed by atoms with van der Waals surface area (Å²) in [6, 6.07) is 9.07. The average Bonchev–Trinajstić information content (AvgIpc) is 2.83. The van der Waals surface area contributed by atoms with Crippen LogP contribution in [0.5, 0.6) is 0 Å². The summed E-state index contributed by atoms with van der Waals surface area (Å²) >= 11 is 0. The first-order valence-electron chi connectivity index (χ1n) is 7.28. The summed E-state index contributed by atoms with van der Waals surface area (Å²) in [5, 5.41) is 14.4. The van der Waals surface area contributed by atoms with Crippen LogP contribution in [0.15, 0.2) is 28.7 Å². The molecule has 0 aliphatic heterocycles. The summed E-state index contributed by atoms with van der Waals surface area (Å²) in [4.78, 5) is 0. The van der Waals surface area contributed by atoms with E-state index in [9.17, 15) is 0 Å². The lowest BCUT2D eigenvalue weighted by Gasteiger charge is -2.19. The van der Waals surface area contributed by atoms with Gasteiger partial charge >= 0.3 is 6.01 Å². The molecule has 21 heavy (non-hydrogen) atoms. The fourth-order valence-electron chi connectivity index (χ4n) is 1.84. The van der Waals surface area contributed by atoms with Crippen LogP contribution in [0.2, 0.25) is 0 Å². The molecule has 0 unspecified atom stereocenters. The Bertz CT molecular complexity index is 567. The molecule has 114 valence electrons. The maximum Gasteiger partial charge on any atom is 0.320 e. The van der Waals surface area contributed by atoms with Crippen LogP contribution >= 0.6 is 0 Å². The Kier molecular flexibility index (Phi) is 4.63. The number of nitrogens with zero attached hydrogens (tertiary/aromatic N) is 2. The number of hydrogen-bond donors (Lipinski definition) is 2. The van der Waals surface area contributed by atoms with Crippen molar-refractivity contribution in [2.24, 2.45) is 0 Å². The first-order chi connectivity index (χ1) is 9.84. The molecule has 1 heterocycles. The van der Waals surface area contributed by atoms with Crippen molar-refractivity contribution in [3.05, 3.63) is 35.7 Å². The second-order valence-electron chi connectivity index (χ2n) is 6.49. The van der Waals surface area contributed by atoms with Crippen molar-refractivity contribution in [1.82, 2.24) is 15.5 Å². The Morgan fingerprint density at radius 3 is 2.33 bits per heavy atom. The number of aromatic nitrogens is 2. The molecular formula is C16H24N4O. The lowest BCUT2D eigenvalue weighted by atomic mass is 9.87. The van der Waals surface area contributed by atoms with E-state index >= 15 is 0 Å². The Morgan fingerprint density at radius 1 is 1.10 bits per heavy atom. The van der Waals surface area contributed by atoms with Gasteiger partial charge in [0, 0.05) is 11.7 Å². The fraction of sp³-hybridized carbons (Fsp3) is 0.500. The first-order valence-corrected chi connectivity index (χ1v) is 7.28. The van der Waals surface area contributed by atoms with Crippen LogP contribution in [0.4, 0.5) is 11.7 Å². The van der Waals surface area contributed by atoms with E-state index in [1.807, 2.05) is 12.1 Å². The molecule has 2 N–H and O–H groups in total. The summed E-state index contributed by atoms with van der Waals surface area (Å²) in [7, 11) is 0. The number of rotatable bonds is 5. The molecule has 5 nitrogen and oxygen atoms in total. The van der Waals surface area contributed by atoms with Gasteiger partial charge in [-0.1, -0.05) is 51.9 Å². The van der Waals surface area contributed by atoms with Crippen LogP contribution in [0.25, 0.3) is 0 Å². The van der Waals surface area contributed by atoms with Gasteiger partial charge in [-0.25, -0.2) is 0 Å². The number of hydrogen-bond acceptors (Lipinski definition) is 5. The highest BCUT2D eigenvalue weighted by Crippen LogP contribution is 2.24. The Morgan fingerprint density at radius 2 is 1.76 bits per heavy atom. The van der Waals surface area contributed by atoms with E-state index in [-0.39, 0.29) is 5.41 Å². The first kappa shape index (κ1) is 15.5. The van der Waals surface area contributed by atoms with Gasteiger partial charge in [0.05, 0.1) is 6.54 Å². The van der Waals surface area contributed by atoms with Crippen molar-refractivity contribution in [1.29, 1.82) is 0 Å². The molecule has 5 heteroatoms. The molecule has 0 amide bonds. The fourth-order valence-corrected chi connectivity index (χ4v) is 1.84. The van der Waals surface area contributed by atoms with Gasteiger partial charge < -0.3 is 15.1 Å². The molecule has 0 aliphatic rings. The maximum absolute atomic E-state index is 5.54. The molecule has 1 aromatic carbocycles. The van der Waals surface area contributed by atoms with Crippen molar-refractivity contribution in [3.8, 4) is 0 Å². The topological polar surface area (TPSA) is 63.0 Å². The molecule has 0 radical (unpaired) electrons. The highest BCUT2D eigenvalue weighted by Gasteiger charge is 2.13. The van der Waals surface area contributed by atoms with Gasteiger partial charge in [0.1, 0.15) is 0 Å². The smallest absolute Gasteiger partial charge is 0.320 e. The van der Waals surface area contributed by atoms with Gasteiger partial charge in [0.25, 0.3) is 0 Å². The quantitative estimate of drug-likeness (QED) is 0.880. The zero-order chi connectivity index (χ0) is 15.5. The standard InChI is InChI=1S/C16H24N4O/c1-11(2)17-10-14-19-20-15(21-14)18-13-8-6-12(7-9-13)16(3,4)5/h6-9,11,17H,10H2,1-5H3,(H,18,20). The summed E-state index contributed by atoms with van der Waals surface area (Å²) in [5.74, 6) is 0.581. The lowest BCUT2D eigenvalue weighted by Crippen LogP contribution is -2.21. The van der Waals surface area contributed by atoms with Crippen LogP contribution in [0.3, 0.4) is 0 Å². The number of benzene rings is 1. The third-order valence-electron chi connectivity index (χ3n) is 3.13. The van der Waals surface area contributed by atoms with Gasteiger partial charge in [0.2, 0.25) is 5.89 Å². The Balaban J connectivity index is 1.98. The van der Waals surface area contributed by atoms with Crippen molar-refractivity contribution < 1.29 is 4.42 Å². The van der Waals surface area contributed by atoms with E-state index in [1.165, 1.54) is 5.56 Å². The van der Waals surface area contributed by atoms with E-state index < -0.39 is 0 Å². The second-order valence-corrected chi connectivity index (χ2v) is 6.49. The van der Waals surface area contributed by atoms with Crippen molar-refractivity contribution in [2.75, 3.05) is 5.32 Å². The predicted molar refractivity (Wildman–Crippen MR) is 84.7 cm³/mol. The zero-order valence-electron chi connectivity index (χ0n) is 13.4. The van der Waals surface area contributed by atoms with E-state index in [0.29, 0.717) is 24.5 Å².